The van der Waals surface area contributed by atoms with E-state index in [0.717, 1.165) is 11.1 Å². The molecule has 1 saturated heterocycles. The summed E-state index contributed by atoms with van der Waals surface area (Å²) in [4.78, 5) is 23.9. The lowest BCUT2D eigenvalue weighted by molar-refractivity contribution is -0.129. The van der Waals surface area contributed by atoms with E-state index < -0.39 is 0 Å². The SMILES string of the molecule is C=C1C(=C)C2OC1C1=C2CC2C(=O)C=CC(=O)C2C1. The third kappa shape index (κ3) is 1.26. The van der Waals surface area contributed by atoms with Crippen LogP contribution in [-0.4, -0.2) is 23.8 Å². The summed E-state index contributed by atoms with van der Waals surface area (Å²) in [7, 11) is 0. The van der Waals surface area contributed by atoms with E-state index in [2.05, 4.69) is 13.2 Å². The average molecular weight is 254 g/mol. The summed E-state index contributed by atoms with van der Waals surface area (Å²) in [5.74, 6) is -0.243. The second kappa shape index (κ2) is 3.42. The fourth-order valence-corrected chi connectivity index (χ4v) is 3.80. The highest BCUT2D eigenvalue weighted by atomic mass is 16.5. The molecule has 0 N–H and O–H groups in total. The van der Waals surface area contributed by atoms with E-state index in [1.165, 1.54) is 23.3 Å². The molecule has 0 aromatic carbocycles. The van der Waals surface area contributed by atoms with Crippen LogP contribution in [0.15, 0.2) is 47.6 Å². The Morgan fingerprint density at radius 1 is 0.895 bits per heavy atom. The number of ether oxygens (including phenoxy) is 1. The first-order chi connectivity index (χ1) is 9.08. The maximum absolute atomic E-state index is 12.0. The van der Waals surface area contributed by atoms with Gasteiger partial charge in [-0.25, -0.2) is 0 Å². The zero-order valence-corrected chi connectivity index (χ0v) is 10.5. The Kier molecular flexibility index (Phi) is 2.00. The van der Waals surface area contributed by atoms with Gasteiger partial charge in [-0.1, -0.05) is 13.2 Å². The van der Waals surface area contributed by atoms with Crippen LogP contribution < -0.4 is 0 Å². The Morgan fingerprint density at radius 3 is 1.74 bits per heavy atom. The molecule has 4 atom stereocenters. The summed E-state index contributed by atoms with van der Waals surface area (Å²) < 4.78 is 5.90. The van der Waals surface area contributed by atoms with Gasteiger partial charge in [-0.2, -0.15) is 0 Å². The van der Waals surface area contributed by atoms with Gasteiger partial charge in [0.05, 0.1) is 0 Å². The maximum atomic E-state index is 12.0. The van der Waals surface area contributed by atoms with Crippen molar-refractivity contribution in [3.63, 3.8) is 0 Å². The molecule has 4 aliphatic rings. The Bertz CT molecular complexity index is 568. The van der Waals surface area contributed by atoms with Crippen molar-refractivity contribution in [2.75, 3.05) is 0 Å². The number of carbonyl (C=O) groups is 2. The van der Waals surface area contributed by atoms with Crippen LogP contribution in [0, 0.1) is 11.8 Å². The van der Waals surface area contributed by atoms with Crippen LogP contribution in [0.25, 0.3) is 0 Å². The lowest BCUT2D eigenvalue weighted by Crippen LogP contribution is -2.37. The second-order valence-corrected chi connectivity index (χ2v) is 5.76. The third-order valence-corrected chi connectivity index (χ3v) is 4.87. The van der Waals surface area contributed by atoms with Crippen LogP contribution in [0.5, 0.6) is 0 Å². The first-order valence-corrected chi connectivity index (χ1v) is 6.59. The second-order valence-electron chi connectivity index (χ2n) is 5.76. The summed E-state index contributed by atoms with van der Waals surface area (Å²) in [6.45, 7) is 8.04. The quantitative estimate of drug-likeness (QED) is 0.620. The molecule has 2 aliphatic carbocycles. The van der Waals surface area contributed by atoms with E-state index in [9.17, 15) is 9.59 Å². The summed E-state index contributed by atoms with van der Waals surface area (Å²) in [6, 6.07) is 0. The van der Waals surface area contributed by atoms with Gasteiger partial charge in [-0.15, -0.1) is 0 Å². The van der Waals surface area contributed by atoms with E-state index in [0.29, 0.717) is 12.8 Å². The Hall–Kier alpha value is -1.74. The van der Waals surface area contributed by atoms with Crippen LogP contribution in [-0.2, 0) is 14.3 Å². The molecule has 1 fully saturated rings. The van der Waals surface area contributed by atoms with Crippen LogP contribution in [0.3, 0.4) is 0 Å². The molecule has 0 amide bonds. The monoisotopic (exact) mass is 254 g/mol. The van der Waals surface area contributed by atoms with Crippen molar-refractivity contribution in [2.45, 2.75) is 25.0 Å². The summed E-state index contributed by atoms with van der Waals surface area (Å²) in [5.41, 5.74) is 4.24. The van der Waals surface area contributed by atoms with Crippen molar-refractivity contribution in [3.8, 4) is 0 Å². The van der Waals surface area contributed by atoms with Gasteiger partial charge in [0.2, 0.25) is 0 Å². The molecule has 96 valence electrons. The minimum Gasteiger partial charge on any atom is -0.357 e. The molecule has 4 rings (SSSR count). The fourth-order valence-electron chi connectivity index (χ4n) is 3.80. The number of carbonyl (C=O) groups excluding carboxylic acids is 2. The van der Waals surface area contributed by atoms with Gasteiger partial charge < -0.3 is 4.74 Å². The molecule has 2 heterocycles. The van der Waals surface area contributed by atoms with Crippen LogP contribution in [0.1, 0.15) is 12.8 Å². The van der Waals surface area contributed by atoms with Gasteiger partial charge in [0, 0.05) is 11.8 Å². The predicted octanol–water partition coefficient (Wildman–Crippen LogP) is 1.91. The average Bonchev–Trinajstić information content (AvgIpc) is 2.91. The minimum absolute atomic E-state index is 0.0726. The zero-order valence-electron chi connectivity index (χ0n) is 10.5. The first-order valence-electron chi connectivity index (χ1n) is 6.59. The van der Waals surface area contributed by atoms with E-state index in [-0.39, 0.29) is 35.6 Å². The molecule has 2 aliphatic heterocycles. The Labute approximate surface area is 111 Å². The van der Waals surface area contributed by atoms with Crippen LogP contribution >= 0.6 is 0 Å². The summed E-state index contributed by atoms with van der Waals surface area (Å²) in [5, 5.41) is 0. The molecule has 3 heteroatoms. The molecule has 2 bridgehead atoms. The van der Waals surface area contributed by atoms with Crippen molar-refractivity contribution < 1.29 is 14.3 Å². The van der Waals surface area contributed by atoms with Crippen molar-refractivity contribution in [1.82, 2.24) is 0 Å². The molecular formula is C16H14O3. The molecule has 0 radical (unpaired) electrons. The number of ketones is 2. The zero-order chi connectivity index (χ0) is 13.3. The first kappa shape index (κ1) is 11.1. The topological polar surface area (TPSA) is 43.4 Å². The van der Waals surface area contributed by atoms with Crippen molar-refractivity contribution in [3.05, 3.63) is 47.6 Å². The highest BCUT2D eigenvalue weighted by molar-refractivity contribution is 6.07. The van der Waals surface area contributed by atoms with E-state index in [1.807, 2.05) is 0 Å². The lowest BCUT2D eigenvalue weighted by atomic mass is 9.66. The van der Waals surface area contributed by atoms with E-state index in [1.54, 1.807) is 0 Å². The normalized spacial score (nSPS) is 40.0. The van der Waals surface area contributed by atoms with E-state index in [4.69, 9.17) is 4.74 Å². The predicted molar refractivity (Wildman–Crippen MR) is 69.3 cm³/mol. The molecule has 19 heavy (non-hydrogen) atoms. The smallest absolute Gasteiger partial charge is 0.159 e. The van der Waals surface area contributed by atoms with Crippen molar-refractivity contribution in [2.24, 2.45) is 11.8 Å². The van der Waals surface area contributed by atoms with Gasteiger partial charge >= 0.3 is 0 Å². The number of fused-ring (bicyclic) bond motifs is 5. The van der Waals surface area contributed by atoms with Gasteiger partial charge in [0.1, 0.15) is 12.2 Å². The summed E-state index contributed by atoms with van der Waals surface area (Å²) in [6.07, 6.45) is 3.95. The molecule has 0 aromatic heterocycles. The van der Waals surface area contributed by atoms with E-state index >= 15 is 0 Å². The molecule has 4 unspecified atom stereocenters. The third-order valence-electron chi connectivity index (χ3n) is 4.87. The number of hydrogen-bond acceptors (Lipinski definition) is 3. The fraction of sp³-hybridized carbons (Fsp3) is 0.375. The molecular weight excluding hydrogens is 240 g/mol. The Morgan fingerprint density at radius 2 is 1.32 bits per heavy atom. The molecule has 0 spiro atoms. The minimum atomic E-state index is -0.194. The number of hydrogen-bond donors (Lipinski definition) is 0. The van der Waals surface area contributed by atoms with Gasteiger partial charge in [0.15, 0.2) is 11.6 Å². The maximum Gasteiger partial charge on any atom is 0.159 e. The molecule has 0 aromatic rings. The highest BCUT2D eigenvalue weighted by Crippen LogP contribution is 2.53. The van der Waals surface area contributed by atoms with Crippen molar-refractivity contribution in [1.29, 1.82) is 0 Å². The van der Waals surface area contributed by atoms with Crippen LogP contribution in [0.2, 0.25) is 0 Å². The lowest BCUT2D eigenvalue weighted by Gasteiger charge is -2.35. The van der Waals surface area contributed by atoms with Gasteiger partial charge in [0.25, 0.3) is 0 Å². The van der Waals surface area contributed by atoms with Gasteiger partial charge in [-0.3, -0.25) is 9.59 Å². The van der Waals surface area contributed by atoms with Crippen LogP contribution in [0.4, 0.5) is 0 Å². The number of allylic oxidation sites excluding steroid dienone is 2. The van der Waals surface area contributed by atoms with Gasteiger partial charge in [-0.05, 0) is 47.3 Å². The standard InChI is InChI=1S/C16H14O3/c1-7-8(2)16-12-6-10-9(5-11(12)15(7)19-16)13(17)3-4-14(10)18/h3-4,9-10,15-16H,1-2,5-6H2. The van der Waals surface area contributed by atoms with Crippen molar-refractivity contribution >= 4 is 11.6 Å². The molecule has 3 nitrogen and oxygen atoms in total. The molecule has 0 saturated carbocycles. The Balaban J connectivity index is 1.77. The largest absolute Gasteiger partial charge is 0.357 e. The summed E-state index contributed by atoms with van der Waals surface area (Å²) >= 11 is 0. The number of rotatable bonds is 0. The highest BCUT2D eigenvalue weighted by Gasteiger charge is 2.51.